The fourth-order valence-electron chi connectivity index (χ4n) is 4.80. The van der Waals surface area contributed by atoms with E-state index in [1.165, 1.54) is 12.1 Å². The second-order valence-corrected chi connectivity index (χ2v) is 12.1. The molecule has 0 saturated carbocycles. The van der Waals surface area contributed by atoms with E-state index >= 15 is 0 Å². The Morgan fingerprint density at radius 1 is 0.800 bits per heavy atom. The summed E-state index contributed by atoms with van der Waals surface area (Å²) in [6.45, 7) is 11.8. The maximum atomic E-state index is 11.7. The van der Waals surface area contributed by atoms with Gasteiger partial charge in [0.15, 0.2) is 5.71 Å². The van der Waals surface area contributed by atoms with Gasteiger partial charge < -0.3 is 9.45 Å². The van der Waals surface area contributed by atoms with Crippen molar-refractivity contribution < 1.29 is 60.1 Å². The van der Waals surface area contributed by atoms with E-state index in [1.807, 2.05) is 48.6 Å². The van der Waals surface area contributed by atoms with Crippen molar-refractivity contribution >= 4 is 37.2 Å². The molecule has 0 aliphatic heterocycles. The van der Waals surface area contributed by atoms with E-state index in [1.54, 1.807) is 6.07 Å². The first kappa shape index (κ1) is 34.2. The Labute approximate surface area is 260 Å². The molecule has 11 heteroatoms. The summed E-state index contributed by atoms with van der Waals surface area (Å²) in [5.41, 5.74) is 5.42. The molecular weight excluding hydrogens is 559 g/mol. The second-order valence-electron chi connectivity index (χ2n) is 9.23. The van der Waals surface area contributed by atoms with E-state index in [2.05, 4.69) is 37.2 Å². The van der Waals surface area contributed by atoms with Gasteiger partial charge in [-0.1, -0.05) is 24.3 Å². The van der Waals surface area contributed by atoms with Crippen LogP contribution in [-0.4, -0.2) is 62.4 Å². The summed E-state index contributed by atoms with van der Waals surface area (Å²) in [5.74, 6) is -1.68. The van der Waals surface area contributed by atoms with E-state index in [9.17, 15) is 25.9 Å². The first-order valence-corrected chi connectivity index (χ1v) is 16.2. The van der Waals surface area contributed by atoms with E-state index < -0.39 is 31.7 Å². The molecule has 3 rings (SSSR count). The number of hydrogen-bond acceptors (Lipinski definition) is 6. The molecule has 0 unspecified atom stereocenters. The van der Waals surface area contributed by atoms with Gasteiger partial charge in [-0.05, 0) is 91.4 Å². The van der Waals surface area contributed by atoms with Crippen molar-refractivity contribution in [1.29, 1.82) is 0 Å². The molecule has 0 spiro atoms. The van der Waals surface area contributed by atoms with Gasteiger partial charge in [-0.2, -0.15) is 8.42 Å². The Bertz CT molecular complexity index is 1510. The fraction of sp³-hybridized carbons (Fsp3) is 0.345. The van der Waals surface area contributed by atoms with Gasteiger partial charge >= 0.3 is 29.6 Å². The molecule has 2 aromatic carbocycles. The van der Waals surface area contributed by atoms with Crippen LogP contribution < -0.4 is 34.5 Å². The summed E-state index contributed by atoms with van der Waals surface area (Å²) in [5, 5.41) is 0. The van der Waals surface area contributed by atoms with Gasteiger partial charge in [-0.15, -0.1) is 0 Å². The number of rotatable bonds is 11. The Morgan fingerprint density at radius 2 is 1.35 bits per heavy atom. The molecule has 0 saturated heterocycles. The second kappa shape index (κ2) is 14.7. The van der Waals surface area contributed by atoms with Crippen LogP contribution in [0.2, 0.25) is 0 Å². The molecular formula is C29H36N2NaO6S2+. The number of benzene rings is 2. The Hall–Kier alpha value is -2.05. The Balaban J connectivity index is 0.00000560. The monoisotopic (exact) mass is 595 g/mol. The zero-order valence-electron chi connectivity index (χ0n) is 23.8. The van der Waals surface area contributed by atoms with Crippen LogP contribution >= 0.6 is 0 Å². The summed E-state index contributed by atoms with van der Waals surface area (Å²) in [4.78, 5) is 2.23. The molecule has 0 aromatic heterocycles. The zero-order chi connectivity index (χ0) is 28.8. The zero-order valence-corrected chi connectivity index (χ0v) is 27.4. The van der Waals surface area contributed by atoms with Crippen molar-refractivity contribution in [3.8, 4) is 0 Å². The third-order valence-corrected chi connectivity index (χ3v) is 8.07. The molecule has 8 nitrogen and oxygen atoms in total. The summed E-state index contributed by atoms with van der Waals surface area (Å²) in [6, 6.07) is 12.7. The van der Waals surface area contributed by atoms with Crippen molar-refractivity contribution in [2.75, 3.05) is 31.1 Å². The van der Waals surface area contributed by atoms with Gasteiger partial charge in [-0.3, -0.25) is 4.55 Å². The van der Waals surface area contributed by atoms with Gasteiger partial charge in [0.25, 0.3) is 10.1 Å². The maximum Gasteiger partial charge on any atom is 1.00 e. The third-order valence-electron chi connectivity index (χ3n) is 6.73. The van der Waals surface area contributed by atoms with Gasteiger partial charge in [0.2, 0.25) is 0 Å². The first-order valence-electron chi connectivity index (χ1n) is 13.0. The van der Waals surface area contributed by atoms with Crippen LogP contribution in [0.5, 0.6) is 0 Å². The average molecular weight is 596 g/mol. The predicted molar refractivity (Wildman–Crippen MR) is 156 cm³/mol. The Morgan fingerprint density at radius 3 is 1.82 bits per heavy atom. The van der Waals surface area contributed by atoms with Gasteiger partial charge in [0.1, 0.15) is 18.8 Å². The van der Waals surface area contributed by atoms with Crippen molar-refractivity contribution in [2.45, 2.75) is 39.2 Å². The molecule has 0 radical (unpaired) electrons. The summed E-state index contributed by atoms with van der Waals surface area (Å²) >= 11 is 0. The molecule has 0 fully saturated rings. The van der Waals surface area contributed by atoms with Crippen LogP contribution in [-0.2, 0) is 31.7 Å². The van der Waals surface area contributed by atoms with E-state index in [0.717, 1.165) is 54.3 Å². The van der Waals surface area contributed by atoms with Crippen LogP contribution in [0.25, 0.3) is 5.57 Å². The van der Waals surface area contributed by atoms with Crippen LogP contribution in [0.4, 0.5) is 5.69 Å². The number of nitrogens with zero attached hydrogens (tertiary/aromatic N) is 2. The largest absolute Gasteiger partial charge is 1.00 e. The maximum absolute atomic E-state index is 11.7. The molecule has 1 N–H and O–H groups in total. The number of hydrogen-bond donors (Lipinski definition) is 1. The molecule has 1 aliphatic rings. The predicted octanol–water partition coefficient (Wildman–Crippen LogP) is 1.39. The van der Waals surface area contributed by atoms with Crippen LogP contribution in [0, 0.1) is 0 Å². The third kappa shape index (κ3) is 9.24. The standard InChI is InChI=1S/C29H36N2O6S2.Na/c1-5-30(6-2)27-15-11-22(12-16-27)29(23-13-17-28(18-14-23)31(7-3)8-4)24-9-10-25(20-38(32,33)34)26(19-24)21-39(35,36)37;/h9-19H,5-8,20-21H2,1-4H3,(H-,32,33,34,35,36,37);/q;+1. The summed E-state index contributed by atoms with van der Waals surface area (Å²) in [7, 11) is -9.16. The molecule has 0 bridgehead atoms. The van der Waals surface area contributed by atoms with Crippen molar-refractivity contribution in [2.24, 2.45) is 0 Å². The minimum Gasteiger partial charge on any atom is -0.748 e. The van der Waals surface area contributed by atoms with Gasteiger partial charge in [0.05, 0.1) is 15.9 Å². The number of anilines is 1. The smallest absolute Gasteiger partial charge is 0.748 e. The van der Waals surface area contributed by atoms with Crippen LogP contribution in [0.1, 0.15) is 49.9 Å². The fourth-order valence-corrected chi connectivity index (χ4v) is 6.12. The SMILES string of the molecule is CCN(CC)c1ccc(C(=C2C=CC(=[N+](CC)CC)C=C2)c2ccc(CS(=O)(=O)O)c(CS(=O)(=O)[O-])c2)cc1.[Na+]. The first-order chi connectivity index (χ1) is 18.4. The molecule has 40 heavy (non-hydrogen) atoms. The summed E-state index contributed by atoms with van der Waals surface area (Å²) < 4.78 is 69.8. The van der Waals surface area contributed by atoms with Gasteiger partial charge in [-0.25, -0.2) is 13.0 Å². The van der Waals surface area contributed by atoms with Gasteiger partial charge in [0, 0.05) is 30.9 Å². The van der Waals surface area contributed by atoms with Crippen LogP contribution in [0.3, 0.4) is 0 Å². The quantitative estimate of drug-likeness (QED) is 0.237. The minimum absolute atomic E-state index is 0. The van der Waals surface area contributed by atoms with E-state index in [-0.39, 0.29) is 40.7 Å². The molecule has 0 amide bonds. The Kier molecular flexibility index (Phi) is 12.6. The molecule has 0 heterocycles. The minimum atomic E-state index is -4.72. The van der Waals surface area contributed by atoms with E-state index in [0.29, 0.717) is 5.56 Å². The van der Waals surface area contributed by atoms with Crippen LogP contribution in [0.15, 0.2) is 72.3 Å². The van der Waals surface area contributed by atoms with Crippen molar-refractivity contribution in [3.63, 3.8) is 0 Å². The van der Waals surface area contributed by atoms with Crippen molar-refractivity contribution in [1.82, 2.24) is 0 Å². The molecule has 210 valence electrons. The summed E-state index contributed by atoms with van der Waals surface area (Å²) in [6.07, 6.45) is 8.05. The number of allylic oxidation sites excluding steroid dienone is 5. The normalized spacial score (nSPS) is 13.2. The average Bonchev–Trinajstić information content (AvgIpc) is 2.87. The van der Waals surface area contributed by atoms with E-state index in [4.69, 9.17) is 0 Å². The van der Waals surface area contributed by atoms with Crippen molar-refractivity contribution in [3.05, 3.63) is 94.6 Å². The molecule has 1 aliphatic carbocycles. The molecule has 2 aromatic rings. The topological polar surface area (TPSA) is 118 Å². The molecule has 0 atom stereocenters.